The summed E-state index contributed by atoms with van der Waals surface area (Å²) in [4.78, 5) is 16.6. The molecule has 142 valence electrons. The number of anilines is 1. The number of sulfone groups is 1. The highest BCUT2D eigenvalue weighted by atomic mass is 79.9. The average Bonchev–Trinajstić information content (AvgIpc) is 2.93. The van der Waals surface area contributed by atoms with Crippen LogP contribution in [0.1, 0.15) is 5.56 Å². The van der Waals surface area contributed by atoms with Crippen LogP contribution >= 0.6 is 27.5 Å². The molecule has 1 amide bonds. The molecule has 2 fully saturated rings. The highest BCUT2D eigenvalue weighted by molar-refractivity contribution is 9.10. The summed E-state index contributed by atoms with van der Waals surface area (Å²) >= 11 is 9.67. The molecule has 2 aromatic rings. The van der Waals surface area contributed by atoms with Gasteiger partial charge in [0.2, 0.25) is 5.91 Å². The number of amides is 1. The Morgan fingerprint density at radius 1 is 1.04 bits per heavy atom. The molecule has 0 aliphatic carbocycles. The molecular weight excluding hydrogens is 452 g/mol. The van der Waals surface area contributed by atoms with Gasteiger partial charge in [0, 0.05) is 27.8 Å². The van der Waals surface area contributed by atoms with Gasteiger partial charge in [-0.15, -0.1) is 0 Å². The molecule has 0 spiro atoms. The second-order valence-corrected chi connectivity index (χ2v) is 10.4. The van der Waals surface area contributed by atoms with Gasteiger partial charge in [-0.05, 0) is 35.9 Å². The van der Waals surface area contributed by atoms with Crippen LogP contribution in [0.4, 0.5) is 5.69 Å². The maximum atomic E-state index is 13.0. The summed E-state index contributed by atoms with van der Waals surface area (Å²) in [6, 6.07) is 14.2. The number of piperazine rings is 1. The third-order valence-electron chi connectivity index (χ3n) is 5.14. The minimum atomic E-state index is -3.21. The highest BCUT2D eigenvalue weighted by Crippen LogP contribution is 2.33. The Hall–Kier alpha value is -1.41. The Bertz CT molecular complexity index is 981. The largest absolute Gasteiger partial charge is 0.306 e. The van der Waals surface area contributed by atoms with Crippen LogP contribution in [0.5, 0.6) is 0 Å². The molecule has 2 heterocycles. The predicted octanol–water partition coefficient (Wildman–Crippen LogP) is 3.12. The molecule has 0 aromatic heterocycles. The first-order valence-electron chi connectivity index (χ1n) is 8.59. The normalized spacial score (nSPS) is 24.8. The third-order valence-corrected chi connectivity index (χ3v) is 7.73. The summed E-state index contributed by atoms with van der Waals surface area (Å²) in [6.45, 7) is 0.619. The van der Waals surface area contributed by atoms with Crippen molar-refractivity contribution in [1.29, 1.82) is 0 Å². The van der Waals surface area contributed by atoms with Crippen LogP contribution < -0.4 is 4.90 Å². The first kappa shape index (κ1) is 18.9. The van der Waals surface area contributed by atoms with Crippen molar-refractivity contribution in [2.75, 3.05) is 23.0 Å². The van der Waals surface area contributed by atoms with Crippen LogP contribution in [0.3, 0.4) is 0 Å². The van der Waals surface area contributed by atoms with E-state index in [0.29, 0.717) is 11.6 Å². The maximum absolute atomic E-state index is 13.0. The summed E-state index contributed by atoms with van der Waals surface area (Å²) in [5.41, 5.74) is 1.62. The van der Waals surface area contributed by atoms with E-state index in [1.54, 1.807) is 11.0 Å². The number of hydrogen-bond donors (Lipinski definition) is 0. The van der Waals surface area contributed by atoms with Gasteiger partial charge in [0.25, 0.3) is 0 Å². The molecule has 5 nitrogen and oxygen atoms in total. The summed E-state index contributed by atoms with van der Waals surface area (Å²) in [6.07, 6.45) is 0. The van der Waals surface area contributed by atoms with Crippen molar-refractivity contribution >= 4 is 49.0 Å². The van der Waals surface area contributed by atoms with Crippen molar-refractivity contribution in [2.24, 2.45) is 0 Å². The van der Waals surface area contributed by atoms with Crippen molar-refractivity contribution in [3.05, 3.63) is 63.6 Å². The lowest BCUT2D eigenvalue weighted by Gasteiger charge is -2.43. The zero-order valence-corrected chi connectivity index (χ0v) is 17.5. The molecule has 2 aliphatic rings. The molecule has 2 atom stereocenters. The number of nitrogens with zero attached hydrogens (tertiary/aromatic N) is 2. The lowest BCUT2D eigenvalue weighted by Crippen LogP contribution is -2.61. The molecule has 0 radical (unpaired) electrons. The first-order valence-corrected chi connectivity index (χ1v) is 11.6. The number of hydrogen-bond acceptors (Lipinski definition) is 4. The SMILES string of the molecule is O=C1CN(Cc2ccccc2Cl)[C@@H]2CS(=O)(=O)C[C@H]2N1c1ccc(Br)cc1. The van der Waals surface area contributed by atoms with E-state index in [0.717, 1.165) is 15.7 Å². The third kappa shape index (κ3) is 3.78. The van der Waals surface area contributed by atoms with Crippen LogP contribution in [0.15, 0.2) is 53.0 Å². The summed E-state index contributed by atoms with van der Waals surface area (Å²) < 4.78 is 25.7. The highest BCUT2D eigenvalue weighted by Gasteiger charge is 2.49. The zero-order chi connectivity index (χ0) is 19.2. The fraction of sp³-hybridized carbons (Fsp3) is 0.316. The molecule has 0 N–H and O–H groups in total. The van der Waals surface area contributed by atoms with Gasteiger partial charge < -0.3 is 4.90 Å². The number of fused-ring (bicyclic) bond motifs is 1. The standard InChI is InChI=1S/C19H18BrClN2O3S/c20-14-5-7-15(8-6-14)23-18-12-27(25,26)11-17(18)22(10-19(23)24)9-13-3-1-2-4-16(13)21/h1-8,17-18H,9-12H2/t17-,18-/m1/s1. The molecule has 27 heavy (non-hydrogen) atoms. The van der Waals surface area contributed by atoms with Crippen molar-refractivity contribution < 1.29 is 13.2 Å². The van der Waals surface area contributed by atoms with E-state index in [1.165, 1.54) is 0 Å². The lowest BCUT2D eigenvalue weighted by atomic mass is 10.0. The summed E-state index contributed by atoms with van der Waals surface area (Å²) in [7, 11) is -3.21. The van der Waals surface area contributed by atoms with Crippen molar-refractivity contribution in [3.63, 3.8) is 0 Å². The quantitative estimate of drug-likeness (QED) is 0.693. The van der Waals surface area contributed by atoms with Crippen LogP contribution in [0, 0.1) is 0 Å². The first-order chi connectivity index (χ1) is 12.8. The number of halogens is 2. The van der Waals surface area contributed by atoms with Crippen molar-refractivity contribution in [2.45, 2.75) is 18.6 Å². The van der Waals surface area contributed by atoms with E-state index >= 15 is 0 Å². The van der Waals surface area contributed by atoms with E-state index in [9.17, 15) is 13.2 Å². The second kappa shape index (κ2) is 7.20. The Labute approximate surface area is 172 Å². The molecule has 2 saturated heterocycles. The molecule has 4 rings (SSSR count). The number of carbonyl (C=O) groups is 1. The Morgan fingerprint density at radius 3 is 2.41 bits per heavy atom. The van der Waals surface area contributed by atoms with E-state index in [4.69, 9.17) is 11.6 Å². The Balaban J connectivity index is 1.68. The molecule has 8 heteroatoms. The van der Waals surface area contributed by atoms with E-state index < -0.39 is 9.84 Å². The second-order valence-electron chi connectivity index (χ2n) is 6.95. The fourth-order valence-corrected chi connectivity index (χ4v) is 6.35. The van der Waals surface area contributed by atoms with Gasteiger partial charge in [0.15, 0.2) is 9.84 Å². The Morgan fingerprint density at radius 2 is 1.70 bits per heavy atom. The number of rotatable bonds is 3. The van der Waals surface area contributed by atoms with E-state index in [1.807, 2.05) is 47.4 Å². The fourth-order valence-electron chi connectivity index (χ4n) is 3.91. The Kier molecular flexibility index (Phi) is 5.05. The average molecular weight is 470 g/mol. The molecule has 0 unspecified atom stereocenters. The van der Waals surface area contributed by atoms with Crippen molar-refractivity contribution in [3.8, 4) is 0 Å². The summed E-state index contributed by atoms with van der Waals surface area (Å²) in [5, 5.41) is 0.623. The van der Waals surface area contributed by atoms with Gasteiger partial charge in [-0.3, -0.25) is 9.69 Å². The lowest BCUT2D eigenvalue weighted by molar-refractivity contribution is -0.123. The number of benzene rings is 2. The van der Waals surface area contributed by atoms with Crippen molar-refractivity contribution in [1.82, 2.24) is 4.90 Å². The molecular formula is C19H18BrClN2O3S. The van der Waals surface area contributed by atoms with Gasteiger partial charge in [0.1, 0.15) is 0 Å². The van der Waals surface area contributed by atoms with Gasteiger partial charge in [-0.2, -0.15) is 0 Å². The monoisotopic (exact) mass is 468 g/mol. The van der Waals surface area contributed by atoms with Crippen LogP contribution in [0.25, 0.3) is 0 Å². The van der Waals surface area contributed by atoms with Gasteiger partial charge in [-0.25, -0.2) is 8.42 Å². The minimum Gasteiger partial charge on any atom is -0.306 e. The molecule has 0 saturated carbocycles. The minimum absolute atomic E-state index is 0.0154. The van der Waals surface area contributed by atoms with E-state index in [-0.39, 0.29) is 36.0 Å². The molecule has 0 bridgehead atoms. The smallest absolute Gasteiger partial charge is 0.241 e. The molecule has 2 aliphatic heterocycles. The van der Waals surface area contributed by atoms with Gasteiger partial charge in [-0.1, -0.05) is 45.7 Å². The van der Waals surface area contributed by atoms with E-state index in [2.05, 4.69) is 15.9 Å². The van der Waals surface area contributed by atoms with Gasteiger partial charge in [0.05, 0.1) is 24.1 Å². The predicted molar refractivity (Wildman–Crippen MR) is 110 cm³/mol. The number of carbonyl (C=O) groups excluding carboxylic acids is 1. The molecule has 2 aromatic carbocycles. The van der Waals surface area contributed by atoms with Crippen LogP contribution in [-0.2, 0) is 21.2 Å². The maximum Gasteiger partial charge on any atom is 0.241 e. The summed E-state index contributed by atoms with van der Waals surface area (Å²) in [5.74, 6) is -0.0521. The zero-order valence-electron chi connectivity index (χ0n) is 14.4. The topological polar surface area (TPSA) is 57.7 Å². The van der Waals surface area contributed by atoms with Crippen LogP contribution in [0.2, 0.25) is 5.02 Å². The van der Waals surface area contributed by atoms with Crippen LogP contribution in [-0.4, -0.2) is 49.4 Å². The van der Waals surface area contributed by atoms with Gasteiger partial charge >= 0.3 is 0 Å².